The van der Waals surface area contributed by atoms with Crippen molar-refractivity contribution in [2.45, 2.75) is 70.6 Å². The molecule has 0 heterocycles. The summed E-state index contributed by atoms with van der Waals surface area (Å²) in [6.45, 7) is 5.12. The fraction of sp³-hybridized carbons (Fsp3) is 0.522. The third kappa shape index (κ3) is 10.9. The van der Waals surface area contributed by atoms with E-state index < -0.39 is 53.8 Å². The number of carbonyl (C=O) groups is 5. The number of carboxylic acid groups (broad SMARTS) is 1. The molecule has 0 spiro atoms. The second kappa shape index (κ2) is 13.9. The van der Waals surface area contributed by atoms with Gasteiger partial charge in [0, 0.05) is 12.8 Å². The Balaban J connectivity index is 2.81. The van der Waals surface area contributed by atoms with Gasteiger partial charge in [-0.2, -0.15) is 0 Å². The molecule has 0 saturated heterocycles. The molecule has 0 aromatic heterocycles. The molecule has 12 nitrogen and oxygen atoms in total. The van der Waals surface area contributed by atoms with E-state index in [4.69, 9.17) is 11.5 Å². The summed E-state index contributed by atoms with van der Waals surface area (Å²) in [6.07, 6.45) is 0.0415. The number of carbonyl (C=O) groups excluding carboxylic acids is 4. The summed E-state index contributed by atoms with van der Waals surface area (Å²) < 4.78 is 0. The van der Waals surface area contributed by atoms with Gasteiger partial charge in [-0.1, -0.05) is 26.0 Å². The van der Waals surface area contributed by atoms with Crippen molar-refractivity contribution < 1.29 is 34.2 Å². The van der Waals surface area contributed by atoms with Crippen LogP contribution in [0.5, 0.6) is 5.75 Å². The molecule has 194 valence electrons. The lowest BCUT2D eigenvalue weighted by molar-refractivity contribution is -0.142. The highest BCUT2D eigenvalue weighted by atomic mass is 16.4. The lowest BCUT2D eigenvalue weighted by Gasteiger charge is -2.23. The van der Waals surface area contributed by atoms with E-state index in [0.717, 1.165) is 0 Å². The molecule has 0 saturated carbocycles. The van der Waals surface area contributed by atoms with Gasteiger partial charge in [0.15, 0.2) is 0 Å². The van der Waals surface area contributed by atoms with Crippen LogP contribution < -0.4 is 27.4 Å². The van der Waals surface area contributed by atoms with Crippen LogP contribution in [-0.4, -0.2) is 64.0 Å². The largest absolute Gasteiger partial charge is 0.508 e. The normalized spacial score (nSPS) is 14.3. The quantitative estimate of drug-likeness (QED) is 0.172. The Bertz CT molecular complexity index is 904. The summed E-state index contributed by atoms with van der Waals surface area (Å²) in [7, 11) is 0. The van der Waals surface area contributed by atoms with Crippen LogP contribution in [0.25, 0.3) is 0 Å². The molecule has 0 fully saturated rings. The molecule has 0 aliphatic carbocycles. The van der Waals surface area contributed by atoms with E-state index >= 15 is 0 Å². The van der Waals surface area contributed by atoms with Gasteiger partial charge < -0.3 is 37.6 Å². The fourth-order valence-corrected chi connectivity index (χ4v) is 3.19. The Labute approximate surface area is 203 Å². The van der Waals surface area contributed by atoms with Crippen LogP contribution in [0.1, 0.15) is 45.6 Å². The van der Waals surface area contributed by atoms with Crippen LogP contribution in [0.2, 0.25) is 0 Å². The predicted molar refractivity (Wildman–Crippen MR) is 127 cm³/mol. The maximum absolute atomic E-state index is 12.8. The molecule has 35 heavy (non-hydrogen) atoms. The molecule has 1 aromatic carbocycles. The average Bonchev–Trinajstić information content (AvgIpc) is 2.76. The minimum atomic E-state index is -1.29. The monoisotopic (exact) mass is 493 g/mol. The molecule has 1 rings (SSSR count). The minimum Gasteiger partial charge on any atom is -0.508 e. The number of hydrogen-bond donors (Lipinski definition) is 7. The molecule has 4 atom stereocenters. The van der Waals surface area contributed by atoms with E-state index in [0.29, 0.717) is 12.0 Å². The van der Waals surface area contributed by atoms with Gasteiger partial charge in [-0.05, 0) is 43.4 Å². The third-order valence-corrected chi connectivity index (χ3v) is 5.12. The second-order valence-electron chi connectivity index (χ2n) is 8.80. The Hall–Kier alpha value is -3.67. The SMILES string of the molecule is CC(C)CC(N)C(=O)NC(CCC(N)=O)C(=O)NC(C)C(=O)NC(Cc1ccc(O)cc1)C(=O)O. The van der Waals surface area contributed by atoms with Crippen molar-refractivity contribution in [3.8, 4) is 5.75 Å². The van der Waals surface area contributed by atoms with Crippen molar-refractivity contribution in [3.05, 3.63) is 29.8 Å². The molecular weight excluding hydrogens is 458 g/mol. The number of carboxylic acids is 1. The van der Waals surface area contributed by atoms with Gasteiger partial charge in [0.2, 0.25) is 23.6 Å². The number of phenolic OH excluding ortho intramolecular Hbond substituents is 1. The first-order valence-electron chi connectivity index (χ1n) is 11.3. The van der Waals surface area contributed by atoms with E-state index in [2.05, 4.69) is 16.0 Å². The predicted octanol–water partition coefficient (Wildman–Crippen LogP) is -0.867. The van der Waals surface area contributed by atoms with Crippen LogP contribution in [0, 0.1) is 5.92 Å². The van der Waals surface area contributed by atoms with Crippen LogP contribution >= 0.6 is 0 Å². The van der Waals surface area contributed by atoms with Gasteiger partial charge in [0.25, 0.3) is 0 Å². The molecule has 0 bridgehead atoms. The number of benzene rings is 1. The number of aliphatic carboxylic acids is 1. The lowest BCUT2D eigenvalue weighted by Crippen LogP contribution is -2.56. The zero-order valence-corrected chi connectivity index (χ0v) is 20.1. The molecule has 0 aliphatic rings. The molecule has 9 N–H and O–H groups in total. The first-order chi connectivity index (χ1) is 16.3. The highest BCUT2D eigenvalue weighted by molar-refractivity contribution is 5.94. The first-order valence-corrected chi connectivity index (χ1v) is 11.3. The van der Waals surface area contributed by atoms with E-state index in [-0.39, 0.29) is 30.9 Å². The van der Waals surface area contributed by atoms with Crippen molar-refractivity contribution in [1.29, 1.82) is 0 Å². The van der Waals surface area contributed by atoms with Crippen molar-refractivity contribution in [2.24, 2.45) is 17.4 Å². The highest BCUT2D eigenvalue weighted by Gasteiger charge is 2.28. The number of aromatic hydroxyl groups is 1. The molecule has 12 heteroatoms. The fourth-order valence-electron chi connectivity index (χ4n) is 3.19. The highest BCUT2D eigenvalue weighted by Crippen LogP contribution is 2.12. The van der Waals surface area contributed by atoms with E-state index in [1.807, 2.05) is 13.8 Å². The summed E-state index contributed by atoms with van der Waals surface area (Å²) in [5.74, 6) is -3.89. The number of nitrogens with one attached hydrogen (secondary N) is 3. The van der Waals surface area contributed by atoms with Crippen molar-refractivity contribution >= 4 is 29.6 Å². The standard InChI is InChI=1S/C23H35N5O7/c1-12(2)10-16(24)21(32)27-17(8-9-19(25)30)22(33)26-13(3)20(31)28-18(23(34)35)11-14-4-6-15(29)7-5-14/h4-7,12-13,16-18,29H,8-11,24H2,1-3H3,(H2,25,30)(H,26,33)(H,27,32)(H,28,31)(H,34,35). The number of amides is 4. The maximum Gasteiger partial charge on any atom is 0.326 e. The Morgan fingerprint density at radius 1 is 0.886 bits per heavy atom. The number of rotatable bonds is 14. The number of phenols is 1. The molecule has 1 aromatic rings. The van der Waals surface area contributed by atoms with Gasteiger partial charge in [0.05, 0.1) is 6.04 Å². The molecule has 4 unspecified atom stereocenters. The molecule has 0 aliphatic heterocycles. The summed E-state index contributed by atoms with van der Waals surface area (Å²) in [4.78, 5) is 60.5. The summed E-state index contributed by atoms with van der Waals surface area (Å²) in [5, 5.41) is 26.1. The zero-order chi connectivity index (χ0) is 26.7. The average molecular weight is 494 g/mol. The van der Waals surface area contributed by atoms with Crippen molar-refractivity contribution in [3.63, 3.8) is 0 Å². The van der Waals surface area contributed by atoms with Crippen LogP contribution in [-0.2, 0) is 30.4 Å². The second-order valence-corrected chi connectivity index (χ2v) is 8.80. The van der Waals surface area contributed by atoms with Gasteiger partial charge in [-0.25, -0.2) is 4.79 Å². The first kappa shape index (κ1) is 29.4. The van der Waals surface area contributed by atoms with Crippen molar-refractivity contribution in [1.82, 2.24) is 16.0 Å². The third-order valence-electron chi connectivity index (χ3n) is 5.12. The van der Waals surface area contributed by atoms with Gasteiger partial charge in [-0.15, -0.1) is 0 Å². The smallest absolute Gasteiger partial charge is 0.326 e. The van der Waals surface area contributed by atoms with E-state index in [1.165, 1.54) is 31.2 Å². The van der Waals surface area contributed by atoms with E-state index in [1.54, 1.807) is 0 Å². The topological polar surface area (TPSA) is 214 Å². The summed E-state index contributed by atoms with van der Waals surface area (Å²) in [5.41, 5.74) is 11.6. The minimum absolute atomic E-state index is 0.0177. The Morgan fingerprint density at radius 2 is 1.46 bits per heavy atom. The number of primary amides is 1. The van der Waals surface area contributed by atoms with E-state index in [9.17, 15) is 34.2 Å². The maximum atomic E-state index is 12.8. The Kier molecular flexibility index (Phi) is 11.7. The lowest BCUT2D eigenvalue weighted by atomic mass is 10.0. The molecule has 0 radical (unpaired) electrons. The summed E-state index contributed by atoms with van der Waals surface area (Å²) in [6, 6.07) is 1.37. The van der Waals surface area contributed by atoms with Gasteiger partial charge >= 0.3 is 5.97 Å². The molecule has 4 amide bonds. The number of nitrogens with two attached hydrogens (primary N) is 2. The summed E-state index contributed by atoms with van der Waals surface area (Å²) >= 11 is 0. The van der Waals surface area contributed by atoms with Gasteiger partial charge in [0.1, 0.15) is 23.9 Å². The van der Waals surface area contributed by atoms with Crippen LogP contribution in [0.4, 0.5) is 0 Å². The van der Waals surface area contributed by atoms with Crippen LogP contribution in [0.3, 0.4) is 0 Å². The van der Waals surface area contributed by atoms with Crippen LogP contribution in [0.15, 0.2) is 24.3 Å². The molecular formula is C23H35N5O7. The van der Waals surface area contributed by atoms with Crippen molar-refractivity contribution in [2.75, 3.05) is 0 Å². The zero-order valence-electron chi connectivity index (χ0n) is 20.1. The number of hydrogen-bond acceptors (Lipinski definition) is 7. The Morgan fingerprint density at radius 3 is 1.97 bits per heavy atom. The van der Waals surface area contributed by atoms with Gasteiger partial charge in [-0.3, -0.25) is 19.2 Å².